The Morgan fingerprint density at radius 3 is 2.68 bits per heavy atom. The van der Waals surface area contributed by atoms with E-state index in [4.69, 9.17) is 5.73 Å². The molecule has 0 amide bonds. The fourth-order valence-electron chi connectivity index (χ4n) is 2.50. The van der Waals surface area contributed by atoms with Crippen LogP contribution in [0.5, 0.6) is 0 Å². The zero-order chi connectivity index (χ0) is 13.8. The Morgan fingerprint density at radius 2 is 2.11 bits per heavy atom. The fraction of sp³-hybridized carbons (Fsp3) is 0.312. The van der Waals surface area contributed by atoms with E-state index in [1.807, 2.05) is 36.4 Å². The van der Waals surface area contributed by atoms with Crippen LogP contribution in [0.4, 0.5) is 0 Å². The maximum Gasteiger partial charge on any atom is 0.130 e. The molecular weight excluding hydrogens is 236 g/mol. The van der Waals surface area contributed by atoms with E-state index in [0.717, 1.165) is 17.7 Å². The van der Waals surface area contributed by atoms with Gasteiger partial charge in [-0.25, -0.2) is 0 Å². The Bertz CT molecular complexity index is 505. The van der Waals surface area contributed by atoms with Crippen molar-refractivity contribution < 1.29 is 4.79 Å². The van der Waals surface area contributed by atoms with Gasteiger partial charge in [-0.15, -0.1) is 6.58 Å². The number of nitrogens with one attached hydrogen (secondary N) is 1. The highest BCUT2D eigenvalue weighted by Crippen LogP contribution is 2.33. The molecule has 1 heterocycles. The topological polar surface area (TPSA) is 55.1 Å². The summed E-state index contributed by atoms with van der Waals surface area (Å²) in [6.45, 7) is 5.48. The molecular formula is C16H20N2O. The number of carbonyl (C=O) groups is 1. The maximum atomic E-state index is 11.2. The second kappa shape index (κ2) is 5.85. The van der Waals surface area contributed by atoms with Gasteiger partial charge in [0.25, 0.3) is 0 Å². The molecule has 0 aliphatic carbocycles. The molecule has 2 unspecified atom stereocenters. The van der Waals surface area contributed by atoms with E-state index in [-0.39, 0.29) is 17.9 Å². The highest BCUT2D eigenvalue weighted by atomic mass is 16.1. The lowest BCUT2D eigenvalue weighted by Gasteiger charge is -2.13. The molecule has 3 heteroatoms. The van der Waals surface area contributed by atoms with Crippen LogP contribution in [0.15, 0.2) is 48.6 Å². The van der Waals surface area contributed by atoms with Crippen molar-refractivity contribution in [1.29, 1.82) is 0 Å². The number of ketones is 1. The van der Waals surface area contributed by atoms with Crippen molar-refractivity contribution >= 4 is 11.5 Å². The summed E-state index contributed by atoms with van der Waals surface area (Å²) in [6, 6.07) is 10.1. The number of hydrogen-bond donors (Lipinski definition) is 2. The second-order valence-electron chi connectivity index (χ2n) is 4.90. The third-order valence-corrected chi connectivity index (χ3v) is 3.48. The first kappa shape index (κ1) is 13.6. The lowest BCUT2D eigenvalue weighted by atomic mass is 9.92. The second-order valence-corrected chi connectivity index (χ2v) is 4.90. The van der Waals surface area contributed by atoms with Crippen LogP contribution >= 0.6 is 0 Å². The average Bonchev–Trinajstić information content (AvgIpc) is 2.73. The Balaban J connectivity index is 2.35. The lowest BCUT2D eigenvalue weighted by molar-refractivity contribution is -0.116. The molecule has 0 saturated heterocycles. The summed E-state index contributed by atoms with van der Waals surface area (Å²) in [6.07, 6.45) is 2.99. The molecule has 1 aromatic carbocycles. The Labute approximate surface area is 114 Å². The van der Waals surface area contributed by atoms with Gasteiger partial charge in [0, 0.05) is 18.0 Å². The Hall–Kier alpha value is -1.87. The van der Waals surface area contributed by atoms with Gasteiger partial charge in [-0.1, -0.05) is 36.4 Å². The first-order chi connectivity index (χ1) is 9.13. The van der Waals surface area contributed by atoms with Crippen LogP contribution in [-0.2, 0) is 4.79 Å². The predicted molar refractivity (Wildman–Crippen MR) is 78.1 cm³/mol. The average molecular weight is 256 g/mol. The van der Waals surface area contributed by atoms with E-state index in [2.05, 4.69) is 11.9 Å². The van der Waals surface area contributed by atoms with Crippen molar-refractivity contribution in [1.82, 2.24) is 5.32 Å². The first-order valence-electron chi connectivity index (χ1n) is 6.56. The summed E-state index contributed by atoms with van der Waals surface area (Å²) < 4.78 is 0. The van der Waals surface area contributed by atoms with Gasteiger partial charge in [-0.05, 0) is 24.5 Å². The van der Waals surface area contributed by atoms with Crippen molar-refractivity contribution in [3.63, 3.8) is 0 Å². The maximum absolute atomic E-state index is 11.2. The molecule has 1 aliphatic rings. The normalized spacial score (nSPS) is 22.2. The molecule has 0 radical (unpaired) electrons. The van der Waals surface area contributed by atoms with Gasteiger partial charge >= 0.3 is 0 Å². The standard InChI is InChI=1S/C16H20N2O/c1-3-13-14(10-9-11(2)19)15(18-16(13)17)12-7-5-4-6-8-12/h3-8,13,16,18H,1,9-10,17H2,2H3. The predicted octanol–water partition coefficient (Wildman–Crippen LogP) is 2.46. The molecule has 0 bridgehead atoms. The molecule has 2 atom stereocenters. The molecule has 0 saturated carbocycles. The van der Waals surface area contributed by atoms with Crippen molar-refractivity contribution in [2.45, 2.75) is 25.9 Å². The van der Waals surface area contributed by atoms with E-state index in [0.29, 0.717) is 6.42 Å². The summed E-state index contributed by atoms with van der Waals surface area (Å²) in [5.74, 6) is 0.290. The van der Waals surface area contributed by atoms with Crippen molar-refractivity contribution in [2.24, 2.45) is 11.7 Å². The minimum Gasteiger partial charge on any atom is -0.369 e. The number of rotatable bonds is 5. The lowest BCUT2D eigenvalue weighted by Crippen LogP contribution is -2.36. The molecule has 1 aromatic rings. The van der Waals surface area contributed by atoms with E-state index in [1.54, 1.807) is 6.92 Å². The largest absolute Gasteiger partial charge is 0.369 e. The highest BCUT2D eigenvalue weighted by molar-refractivity contribution is 5.77. The van der Waals surface area contributed by atoms with E-state index in [1.165, 1.54) is 5.57 Å². The summed E-state index contributed by atoms with van der Waals surface area (Å²) >= 11 is 0. The van der Waals surface area contributed by atoms with Gasteiger partial charge in [0.2, 0.25) is 0 Å². The minimum absolute atomic E-state index is 0.0922. The van der Waals surface area contributed by atoms with Gasteiger partial charge in [-0.3, -0.25) is 0 Å². The van der Waals surface area contributed by atoms with Crippen molar-refractivity contribution in [2.75, 3.05) is 0 Å². The monoisotopic (exact) mass is 256 g/mol. The van der Waals surface area contributed by atoms with E-state index in [9.17, 15) is 4.79 Å². The minimum atomic E-state index is -0.158. The van der Waals surface area contributed by atoms with Crippen LogP contribution in [0, 0.1) is 5.92 Å². The first-order valence-corrected chi connectivity index (χ1v) is 6.56. The van der Waals surface area contributed by atoms with Crippen LogP contribution in [0.1, 0.15) is 25.3 Å². The third-order valence-electron chi connectivity index (χ3n) is 3.48. The van der Waals surface area contributed by atoms with Crippen LogP contribution in [0.25, 0.3) is 5.70 Å². The Morgan fingerprint density at radius 1 is 1.42 bits per heavy atom. The molecule has 0 spiro atoms. The molecule has 1 aliphatic heterocycles. The number of Topliss-reactive ketones (excluding diaryl/α,β-unsaturated/α-hetero) is 1. The zero-order valence-electron chi connectivity index (χ0n) is 11.2. The number of carbonyl (C=O) groups excluding carboxylic acids is 1. The SMILES string of the molecule is C=CC1C(CCC(C)=O)=C(c2ccccc2)NC1N. The molecule has 0 fully saturated rings. The number of nitrogens with two attached hydrogens (primary N) is 1. The van der Waals surface area contributed by atoms with Crippen LogP contribution in [0.2, 0.25) is 0 Å². The molecule has 19 heavy (non-hydrogen) atoms. The van der Waals surface area contributed by atoms with Gasteiger partial charge < -0.3 is 15.8 Å². The van der Waals surface area contributed by atoms with Crippen LogP contribution < -0.4 is 11.1 Å². The number of hydrogen-bond acceptors (Lipinski definition) is 3. The molecule has 3 N–H and O–H groups in total. The van der Waals surface area contributed by atoms with Crippen molar-refractivity contribution in [3.05, 3.63) is 54.1 Å². The summed E-state index contributed by atoms with van der Waals surface area (Å²) in [5.41, 5.74) is 9.46. The fourth-order valence-corrected chi connectivity index (χ4v) is 2.50. The van der Waals surface area contributed by atoms with Gasteiger partial charge in [-0.2, -0.15) is 0 Å². The third kappa shape index (κ3) is 2.93. The van der Waals surface area contributed by atoms with Gasteiger partial charge in [0.1, 0.15) is 5.78 Å². The molecule has 2 rings (SSSR count). The quantitative estimate of drug-likeness (QED) is 0.796. The molecule has 0 aromatic heterocycles. The van der Waals surface area contributed by atoms with E-state index >= 15 is 0 Å². The van der Waals surface area contributed by atoms with Crippen LogP contribution in [-0.4, -0.2) is 11.9 Å². The summed E-state index contributed by atoms with van der Waals surface area (Å²) in [4.78, 5) is 11.2. The van der Waals surface area contributed by atoms with Gasteiger partial charge in [0.15, 0.2) is 0 Å². The zero-order valence-corrected chi connectivity index (χ0v) is 11.2. The number of benzene rings is 1. The van der Waals surface area contributed by atoms with Crippen LogP contribution in [0.3, 0.4) is 0 Å². The highest BCUT2D eigenvalue weighted by Gasteiger charge is 2.30. The molecule has 100 valence electrons. The summed E-state index contributed by atoms with van der Waals surface area (Å²) in [5, 5.41) is 3.32. The van der Waals surface area contributed by atoms with Gasteiger partial charge in [0.05, 0.1) is 6.17 Å². The Kier molecular flexibility index (Phi) is 4.17. The summed E-state index contributed by atoms with van der Waals surface area (Å²) in [7, 11) is 0. The van der Waals surface area contributed by atoms with E-state index < -0.39 is 0 Å². The van der Waals surface area contributed by atoms with Crippen molar-refractivity contribution in [3.8, 4) is 0 Å². The smallest absolute Gasteiger partial charge is 0.130 e. The molecule has 3 nitrogen and oxygen atoms in total.